The van der Waals surface area contributed by atoms with Crippen molar-refractivity contribution in [2.24, 2.45) is 5.92 Å². The first-order chi connectivity index (χ1) is 13.3. The number of aromatic nitrogens is 2. The van der Waals surface area contributed by atoms with Crippen LogP contribution in [0.2, 0.25) is 0 Å². The fourth-order valence-corrected chi connectivity index (χ4v) is 3.33. The molecule has 1 aromatic heterocycles. The molecule has 0 saturated carbocycles. The second-order valence-corrected chi connectivity index (χ2v) is 7.12. The van der Waals surface area contributed by atoms with Gasteiger partial charge in [-0.2, -0.15) is 0 Å². The predicted molar refractivity (Wildman–Crippen MR) is 112 cm³/mol. The van der Waals surface area contributed by atoms with Crippen molar-refractivity contribution in [3.63, 3.8) is 0 Å². The van der Waals surface area contributed by atoms with Crippen molar-refractivity contribution in [3.05, 3.63) is 67.0 Å². The minimum Gasteiger partial charge on any atom is -0.372 e. The van der Waals surface area contributed by atoms with E-state index in [9.17, 15) is 0 Å². The van der Waals surface area contributed by atoms with E-state index in [0.717, 1.165) is 42.0 Å². The van der Waals surface area contributed by atoms with Gasteiger partial charge in [-0.05, 0) is 55.2 Å². The molecule has 1 fully saturated rings. The second kappa shape index (κ2) is 8.08. The minimum atomic E-state index is 0.762. The number of nitrogens with one attached hydrogen (secondary N) is 2. The largest absolute Gasteiger partial charge is 0.372 e. The highest BCUT2D eigenvalue weighted by Crippen LogP contribution is 2.25. The van der Waals surface area contributed by atoms with Gasteiger partial charge >= 0.3 is 0 Å². The van der Waals surface area contributed by atoms with Gasteiger partial charge in [-0.1, -0.05) is 25.1 Å². The van der Waals surface area contributed by atoms with Crippen LogP contribution >= 0.6 is 0 Å². The summed E-state index contributed by atoms with van der Waals surface area (Å²) in [5.74, 6) is 2.37. The van der Waals surface area contributed by atoms with Gasteiger partial charge in [0.25, 0.3) is 0 Å². The van der Waals surface area contributed by atoms with Gasteiger partial charge in [0, 0.05) is 36.2 Å². The van der Waals surface area contributed by atoms with Crippen LogP contribution in [0.3, 0.4) is 0 Å². The van der Waals surface area contributed by atoms with Crippen molar-refractivity contribution >= 4 is 28.7 Å². The Bertz CT molecular complexity index is 855. The van der Waals surface area contributed by atoms with Crippen molar-refractivity contribution in [3.8, 4) is 0 Å². The van der Waals surface area contributed by atoms with Crippen molar-refractivity contribution in [1.29, 1.82) is 0 Å². The van der Waals surface area contributed by atoms with E-state index in [2.05, 4.69) is 56.7 Å². The quantitative estimate of drug-likeness (QED) is 0.656. The maximum atomic E-state index is 4.32. The molecule has 4 rings (SSSR count). The van der Waals surface area contributed by atoms with Crippen LogP contribution in [0.1, 0.15) is 19.8 Å². The van der Waals surface area contributed by atoms with Crippen molar-refractivity contribution in [1.82, 2.24) is 9.97 Å². The van der Waals surface area contributed by atoms with Gasteiger partial charge in [-0.25, -0.2) is 9.97 Å². The second-order valence-electron chi connectivity index (χ2n) is 7.12. The summed E-state index contributed by atoms with van der Waals surface area (Å²) in [6.45, 7) is 4.63. The number of piperidine rings is 1. The molecule has 2 aromatic carbocycles. The normalized spacial score (nSPS) is 14.8. The van der Waals surface area contributed by atoms with E-state index < -0.39 is 0 Å². The van der Waals surface area contributed by atoms with Crippen molar-refractivity contribution in [2.75, 3.05) is 28.6 Å². The van der Waals surface area contributed by atoms with E-state index in [1.54, 1.807) is 6.33 Å². The summed E-state index contributed by atoms with van der Waals surface area (Å²) in [6.07, 6.45) is 4.12. The van der Waals surface area contributed by atoms with Crippen LogP contribution in [0.5, 0.6) is 0 Å². The highest BCUT2D eigenvalue weighted by atomic mass is 15.1. The van der Waals surface area contributed by atoms with Gasteiger partial charge < -0.3 is 15.5 Å². The van der Waals surface area contributed by atoms with Crippen LogP contribution in [0, 0.1) is 5.92 Å². The monoisotopic (exact) mass is 359 g/mol. The Morgan fingerprint density at radius 2 is 1.41 bits per heavy atom. The predicted octanol–water partition coefficient (Wildman–Crippen LogP) is 5.20. The molecule has 1 aliphatic heterocycles. The summed E-state index contributed by atoms with van der Waals surface area (Å²) in [5.41, 5.74) is 3.32. The standard InChI is InChI=1S/C22H25N5/c1-17-11-13-27(14-12-17)20-9-7-19(8-10-20)26-22-15-21(23-16-24-22)25-18-5-3-2-4-6-18/h2-10,15-17H,11-14H2,1H3,(H2,23,24,25,26). The van der Waals surface area contributed by atoms with Crippen LogP contribution < -0.4 is 15.5 Å². The Labute approximate surface area is 160 Å². The summed E-state index contributed by atoms with van der Waals surface area (Å²) in [4.78, 5) is 11.1. The first-order valence-corrected chi connectivity index (χ1v) is 9.52. The summed E-state index contributed by atoms with van der Waals surface area (Å²) < 4.78 is 0. The van der Waals surface area contributed by atoms with Crippen LogP contribution in [0.25, 0.3) is 0 Å². The topological polar surface area (TPSA) is 53.1 Å². The third-order valence-electron chi connectivity index (χ3n) is 5.00. The maximum absolute atomic E-state index is 4.32. The lowest BCUT2D eigenvalue weighted by atomic mass is 9.99. The van der Waals surface area contributed by atoms with Gasteiger partial charge in [0.1, 0.15) is 18.0 Å². The highest BCUT2D eigenvalue weighted by Gasteiger charge is 2.15. The lowest BCUT2D eigenvalue weighted by Gasteiger charge is -2.32. The minimum absolute atomic E-state index is 0.762. The van der Waals surface area contributed by atoms with E-state index in [1.165, 1.54) is 18.5 Å². The summed E-state index contributed by atoms with van der Waals surface area (Å²) in [6, 6.07) is 20.5. The fraction of sp³-hybridized carbons (Fsp3) is 0.273. The Morgan fingerprint density at radius 3 is 2.04 bits per heavy atom. The molecule has 0 radical (unpaired) electrons. The lowest BCUT2D eigenvalue weighted by Crippen LogP contribution is -2.32. The van der Waals surface area contributed by atoms with E-state index >= 15 is 0 Å². The van der Waals surface area contributed by atoms with Gasteiger partial charge in [-0.15, -0.1) is 0 Å². The van der Waals surface area contributed by atoms with Gasteiger partial charge in [0.05, 0.1) is 0 Å². The van der Waals surface area contributed by atoms with Gasteiger partial charge in [-0.3, -0.25) is 0 Å². The molecule has 0 amide bonds. The maximum Gasteiger partial charge on any atom is 0.135 e. The number of anilines is 5. The van der Waals surface area contributed by atoms with E-state index in [4.69, 9.17) is 0 Å². The third kappa shape index (κ3) is 4.56. The van der Waals surface area contributed by atoms with Crippen LogP contribution in [-0.4, -0.2) is 23.1 Å². The molecule has 27 heavy (non-hydrogen) atoms. The first kappa shape index (κ1) is 17.3. The molecular weight excluding hydrogens is 334 g/mol. The molecule has 138 valence electrons. The zero-order chi connectivity index (χ0) is 18.5. The van der Waals surface area contributed by atoms with Crippen molar-refractivity contribution < 1.29 is 0 Å². The van der Waals surface area contributed by atoms with Crippen LogP contribution in [0.4, 0.5) is 28.7 Å². The molecule has 0 spiro atoms. The Balaban J connectivity index is 1.41. The van der Waals surface area contributed by atoms with Crippen LogP contribution in [0.15, 0.2) is 67.0 Å². The molecule has 5 nitrogen and oxygen atoms in total. The average molecular weight is 359 g/mol. The molecule has 2 N–H and O–H groups in total. The molecule has 2 heterocycles. The SMILES string of the molecule is CC1CCN(c2ccc(Nc3cc(Nc4ccccc4)ncn3)cc2)CC1. The van der Waals surface area contributed by atoms with Gasteiger partial charge in [0.15, 0.2) is 0 Å². The molecule has 3 aromatic rings. The number of para-hydroxylation sites is 1. The van der Waals surface area contributed by atoms with Gasteiger partial charge in [0.2, 0.25) is 0 Å². The molecule has 1 saturated heterocycles. The Morgan fingerprint density at radius 1 is 0.815 bits per heavy atom. The molecule has 0 unspecified atom stereocenters. The zero-order valence-electron chi connectivity index (χ0n) is 15.6. The highest BCUT2D eigenvalue weighted by molar-refractivity contribution is 5.64. The van der Waals surface area contributed by atoms with E-state index in [1.807, 2.05) is 36.4 Å². The molecular formula is C22H25N5. The molecule has 0 atom stereocenters. The lowest BCUT2D eigenvalue weighted by molar-refractivity contribution is 0.438. The smallest absolute Gasteiger partial charge is 0.135 e. The molecule has 0 aliphatic carbocycles. The van der Waals surface area contributed by atoms with Crippen molar-refractivity contribution in [2.45, 2.75) is 19.8 Å². The number of rotatable bonds is 5. The number of benzene rings is 2. The zero-order valence-corrected chi connectivity index (χ0v) is 15.6. The fourth-order valence-electron chi connectivity index (χ4n) is 3.33. The third-order valence-corrected chi connectivity index (χ3v) is 5.00. The number of hydrogen-bond donors (Lipinski definition) is 2. The van der Waals surface area contributed by atoms with E-state index in [-0.39, 0.29) is 0 Å². The Hall–Kier alpha value is -3.08. The molecule has 1 aliphatic rings. The summed E-state index contributed by atoms with van der Waals surface area (Å²) >= 11 is 0. The summed E-state index contributed by atoms with van der Waals surface area (Å²) in [5, 5.41) is 6.65. The number of nitrogens with zero attached hydrogens (tertiary/aromatic N) is 3. The average Bonchev–Trinajstić information content (AvgIpc) is 2.70. The number of hydrogen-bond acceptors (Lipinski definition) is 5. The molecule has 0 bridgehead atoms. The van der Waals surface area contributed by atoms with Crippen LogP contribution in [-0.2, 0) is 0 Å². The summed E-state index contributed by atoms with van der Waals surface area (Å²) in [7, 11) is 0. The van der Waals surface area contributed by atoms with E-state index in [0.29, 0.717) is 0 Å². The first-order valence-electron chi connectivity index (χ1n) is 9.52. The Kier molecular flexibility index (Phi) is 5.19. The molecule has 5 heteroatoms.